The Bertz CT molecular complexity index is 447. The van der Waals surface area contributed by atoms with E-state index in [1.165, 1.54) is 0 Å². The summed E-state index contributed by atoms with van der Waals surface area (Å²) in [6, 6.07) is 10.5. The number of benzene rings is 1. The lowest BCUT2D eigenvalue weighted by Crippen LogP contribution is -2.14. The topological polar surface area (TPSA) is 50.4 Å². The molecular formula is C14H18N2O2. The molecule has 1 amide bonds. The molecule has 96 valence electrons. The van der Waals surface area contributed by atoms with E-state index in [1.807, 2.05) is 24.3 Å². The number of carbonyl (C=O) groups is 1. The first-order chi connectivity index (χ1) is 8.76. The summed E-state index contributed by atoms with van der Waals surface area (Å²) < 4.78 is 4.82. The van der Waals surface area contributed by atoms with E-state index in [2.05, 4.69) is 22.6 Å². The first-order valence-corrected chi connectivity index (χ1v) is 5.93. The number of ether oxygens (including phenoxy) is 1. The Morgan fingerprint density at radius 1 is 1.44 bits per heavy atom. The van der Waals surface area contributed by atoms with Crippen molar-refractivity contribution in [3.05, 3.63) is 29.8 Å². The molecule has 4 nitrogen and oxygen atoms in total. The molecule has 4 heteroatoms. The van der Waals surface area contributed by atoms with Gasteiger partial charge < -0.3 is 10.1 Å². The Morgan fingerprint density at radius 3 is 3.00 bits per heavy atom. The highest BCUT2D eigenvalue weighted by Crippen LogP contribution is 2.11. The van der Waals surface area contributed by atoms with Crippen LogP contribution in [0.15, 0.2) is 24.3 Å². The van der Waals surface area contributed by atoms with Crippen LogP contribution < -0.4 is 10.6 Å². The molecule has 0 saturated heterocycles. The SMILES string of the molecule is CC#CNCCc1cccc(NC(=O)OCC)c1. The van der Waals surface area contributed by atoms with Gasteiger partial charge in [-0.05, 0) is 38.0 Å². The second-order valence-electron chi connectivity index (χ2n) is 3.60. The summed E-state index contributed by atoms with van der Waals surface area (Å²) in [6.07, 6.45) is 0.428. The van der Waals surface area contributed by atoms with Gasteiger partial charge >= 0.3 is 6.09 Å². The molecule has 0 aromatic heterocycles. The molecule has 0 bridgehead atoms. The molecule has 2 N–H and O–H groups in total. The van der Waals surface area contributed by atoms with Gasteiger partial charge in [0.1, 0.15) is 0 Å². The van der Waals surface area contributed by atoms with E-state index in [0.29, 0.717) is 6.61 Å². The van der Waals surface area contributed by atoms with Crippen molar-refractivity contribution in [2.24, 2.45) is 0 Å². The molecule has 0 fully saturated rings. The van der Waals surface area contributed by atoms with Gasteiger partial charge in [-0.1, -0.05) is 18.1 Å². The van der Waals surface area contributed by atoms with Gasteiger partial charge in [-0.25, -0.2) is 4.79 Å². The Kier molecular flexibility index (Phi) is 6.20. The molecule has 1 aromatic rings. The van der Waals surface area contributed by atoms with Crippen LogP contribution in [0.5, 0.6) is 0 Å². The van der Waals surface area contributed by atoms with E-state index in [0.717, 1.165) is 24.2 Å². The van der Waals surface area contributed by atoms with Crippen LogP contribution >= 0.6 is 0 Å². The zero-order valence-corrected chi connectivity index (χ0v) is 10.7. The molecule has 1 aromatic carbocycles. The van der Waals surface area contributed by atoms with Crippen LogP contribution in [0.25, 0.3) is 0 Å². The molecule has 0 radical (unpaired) electrons. The number of hydrogen-bond donors (Lipinski definition) is 2. The van der Waals surface area contributed by atoms with Crippen molar-refractivity contribution in [3.63, 3.8) is 0 Å². The standard InChI is InChI=1S/C14H18N2O2/c1-3-9-15-10-8-12-6-5-7-13(11-12)16-14(17)18-4-2/h5-7,11,15H,4,8,10H2,1-2H3,(H,16,17). The first kappa shape index (κ1) is 13.9. The summed E-state index contributed by atoms with van der Waals surface area (Å²) in [6.45, 7) is 4.71. The van der Waals surface area contributed by atoms with Crippen molar-refractivity contribution in [1.29, 1.82) is 0 Å². The van der Waals surface area contributed by atoms with Crippen LogP contribution in [-0.4, -0.2) is 19.2 Å². The van der Waals surface area contributed by atoms with E-state index >= 15 is 0 Å². The number of amides is 1. The summed E-state index contributed by atoms with van der Waals surface area (Å²) in [5.41, 5.74) is 1.88. The van der Waals surface area contributed by atoms with Crippen LogP contribution in [0.3, 0.4) is 0 Å². The van der Waals surface area contributed by atoms with E-state index in [4.69, 9.17) is 4.74 Å². The van der Waals surface area contributed by atoms with Gasteiger partial charge in [0.2, 0.25) is 0 Å². The predicted octanol–water partition coefficient (Wildman–Crippen LogP) is 2.37. The zero-order valence-electron chi connectivity index (χ0n) is 10.7. The largest absolute Gasteiger partial charge is 0.450 e. The lowest BCUT2D eigenvalue weighted by atomic mass is 10.1. The van der Waals surface area contributed by atoms with Gasteiger partial charge in [0.05, 0.1) is 6.61 Å². The third-order valence-electron chi connectivity index (χ3n) is 2.20. The third-order valence-corrected chi connectivity index (χ3v) is 2.20. The van der Waals surface area contributed by atoms with Crippen molar-refractivity contribution < 1.29 is 9.53 Å². The second-order valence-corrected chi connectivity index (χ2v) is 3.60. The quantitative estimate of drug-likeness (QED) is 0.476. The number of nitrogens with one attached hydrogen (secondary N) is 2. The van der Waals surface area contributed by atoms with Gasteiger partial charge in [0.25, 0.3) is 0 Å². The normalized spacial score (nSPS) is 9.00. The molecule has 0 aliphatic rings. The predicted molar refractivity (Wildman–Crippen MR) is 72.2 cm³/mol. The Labute approximate surface area is 108 Å². The van der Waals surface area contributed by atoms with Crippen molar-refractivity contribution in [2.45, 2.75) is 20.3 Å². The first-order valence-electron chi connectivity index (χ1n) is 5.93. The third kappa shape index (κ3) is 5.26. The van der Waals surface area contributed by atoms with Crippen LogP contribution in [-0.2, 0) is 11.2 Å². The number of rotatable bonds is 5. The summed E-state index contributed by atoms with van der Waals surface area (Å²) in [5, 5.41) is 5.67. The summed E-state index contributed by atoms with van der Waals surface area (Å²) in [7, 11) is 0. The van der Waals surface area contributed by atoms with Crippen LogP contribution in [0.4, 0.5) is 10.5 Å². The fraction of sp³-hybridized carbons (Fsp3) is 0.357. The maximum atomic E-state index is 11.3. The molecule has 0 aliphatic carbocycles. The number of anilines is 1. The summed E-state index contributed by atoms with van der Waals surface area (Å²) in [5.74, 6) is 2.77. The van der Waals surface area contributed by atoms with Crippen LogP contribution in [0.2, 0.25) is 0 Å². The number of hydrogen-bond acceptors (Lipinski definition) is 3. The molecule has 18 heavy (non-hydrogen) atoms. The molecule has 0 saturated carbocycles. The van der Waals surface area contributed by atoms with Gasteiger partial charge in [0.15, 0.2) is 0 Å². The minimum atomic E-state index is -0.426. The minimum absolute atomic E-state index is 0.366. The number of carbonyl (C=O) groups excluding carboxylic acids is 1. The summed E-state index contributed by atoms with van der Waals surface area (Å²) >= 11 is 0. The summed E-state index contributed by atoms with van der Waals surface area (Å²) in [4.78, 5) is 11.3. The maximum absolute atomic E-state index is 11.3. The van der Waals surface area contributed by atoms with Crippen molar-refractivity contribution >= 4 is 11.8 Å². The van der Waals surface area contributed by atoms with E-state index in [9.17, 15) is 4.79 Å². The maximum Gasteiger partial charge on any atom is 0.411 e. The Balaban J connectivity index is 2.50. The van der Waals surface area contributed by atoms with Gasteiger partial charge in [-0.3, -0.25) is 5.32 Å². The van der Waals surface area contributed by atoms with E-state index < -0.39 is 6.09 Å². The average Bonchev–Trinajstić information content (AvgIpc) is 2.35. The molecule has 0 spiro atoms. The molecule has 0 heterocycles. The van der Waals surface area contributed by atoms with Crippen molar-refractivity contribution in [2.75, 3.05) is 18.5 Å². The molecule has 0 aliphatic heterocycles. The lowest BCUT2D eigenvalue weighted by molar-refractivity contribution is 0.168. The average molecular weight is 246 g/mol. The smallest absolute Gasteiger partial charge is 0.411 e. The lowest BCUT2D eigenvalue weighted by Gasteiger charge is -2.07. The highest BCUT2D eigenvalue weighted by Gasteiger charge is 2.02. The van der Waals surface area contributed by atoms with E-state index in [-0.39, 0.29) is 0 Å². The van der Waals surface area contributed by atoms with Gasteiger partial charge in [-0.2, -0.15) is 0 Å². The van der Waals surface area contributed by atoms with Crippen LogP contribution in [0.1, 0.15) is 19.4 Å². The van der Waals surface area contributed by atoms with Crippen LogP contribution in [0, 0.1) is 12.0 Å². The monoisotopic (exact) mass is 246 g/mol. The van der Waals surface area contributed by atoms with Crippen molar-refractivity contribution in [3.8, 4) is 12.0 Å². The van der Waals surface area contributed by atoms with Gasteiger partial charge in [-0.15, -0.1) is 0 Å². The van der Waals surface area contributed by atoms with E-state index in [1.54, 1.807) is 13.8 Å². The molecule has 0 unspecified atom stereocenters. The highest BCUT2D eigenvalue weighted by atomic mass is 16.5. The molecule has 1 rings (SSSR count). The van der Waals surface area contributed by atoms with Crippen molar-refractivity contribution in [1.82, 2.24) is 5.32 Å². The zero-order chi connectivity index (χ0) is 13.2. The fourth-order valence-electron chi connectivity index (χ4n) is 1.45. The highest BCUT2D eigenvalue weighted by molar-refractivity contribution is 5.84. The second kappa shape index (κ2) is 8.02. The Hall–Kier alpha value is -2.15. The molecular weight excluding hydrogens is 228 g/mol. The van der Waals surface area contributed by atoms with Gasteiger partial charge in [0, 0.05) is 18.3 Å². The minimum Gasteiger partial charge on any atom is -0.450 e. The fourth-order valence-corrected chi connectivity index (χ4v) is 1.45. The molecule has 0 atom stereocenters. The Morgan fingerprint density at radius 2 is 2.28 bits per heavy atom.